The molecule has 10 heteroatoms. The lowest BCUT2D eigenvalue weighted by Crippen LogP contribution is -2.57. The molecule has 0 atom stereocenters. The summed E-state index contributed by atoms with van der Waals surface area (Å²) < 4.78 is 11.9. The van der Waals surface area contributed by atoms with Crippen LogP contribution in [0.5, 0.6) is 11.5 Å². The van der Waals surface area contributed by atoms with E-state index in [1.807, 2.05) is 18.2 Å². The molecule has 5 amide bonds. The van der Waals surface area contributed by atoms with Crippen molar-refractivity contribution in [2.24, 2.45) is 0 Å². The van der Waals surface area contributed by atoms with E-state index in [0.29, 0.717) is 33.8 Å². The van der Waals surface area contributed by atoms with Crippen molar-refractivity contribution in [3.8, 4) is 11.5 Å². The summed E-state index contributed by atoms with van der Waals surface area (Å²) in [6, 6.07) is 11.3. The molecule has 0 unspecified atom stereocenters. The van der Waals surface area contributed by atoms with Gasteiger partial charge in [-0.3, -0.25) is 24.6 Å². The van der Waals surface area contributed by atoms with Crippen molar-refractivity contribution in [2.45, 2.75) is 38.6 Å². The third-order valence-corrected chi connectivity index (χ3v) is 6.59. The molecule has 9 nitrogen and oxygen atoms in total. The van der Waals surface area contributed by atoms with Crippen LogP contribution in [0.2, 0.25) is 0 Å². The molecular formula is C26H26BrN3O6. The average molecular weight is 556 g/mol. The fourth-order valence-corrected chi connectivity index (χ4v) is 4.66. The summed E-state index contributed by atoms with van der Waals surface area (Å²) in [5, 5.41) is 5.02. The number of hydrogen-bond donors (Lipinski definition) is 2. The molecule has 1 saturated heterocycles. The largest absolute Gasteiger partial charge is 0.490 e. The maximum Gasteiger partial charge on any atom is 0.331 e. The predicted molar refractivity (Wildman–Crippen MR) is 136 cm³/mol. The maximum atomic E-state index is 13.1. The van der Waals surface area contributed by atoms with E-state index in [-0.39, 0.29) is 24.1 Å². The number of barbiturate groups is 1. The molecule has 2 aromatic rings. The molecule has 1 saturated carbocycles. The van der Waals surface area contributed by atoms with E-state index in [4.69, 9.17) is 9.47 Å². The molecule has 0 radical (unpaired) electrons. The Balaban J connectivity index is 1.55. The van der Waals surface area contributed by atoms with Crippen molar-refractivity contribution in [1.29, 1.82) is 0 Å². The molecule has 1 aliphatic heterocycles. The van der Waals surface area contributed by atoms with Crippen molar-refractivity contribution >= 4 is 51.4 Å². The Kier molecular flexibility index (Phi) is 8.04. The second kappa shape index (κ2) is 11.4. The Hall–Kier alpha value is -3.66. The standard InChI is InChI=1S/C26H26BrN3O6/c1-2-35-21-13-16(12-19-24(32)29-26(34)30(25(19)33)18-10-6-7-11-18)20(27)14-22(21)36-15-23(31)28-17-8-4-3-5-9-17/h3-5,8-9,12-14,18H,2,6-7,10-11,15H2,1H3,(H,28,31)(H,29,32,34)/b19-12+. The lowest BCUT2D eigenvalue weighted by molar-refractivity contribution is -0.131. The SMILES string of the molecule is CCOc1cc(/C=C2\C(=O)NC(=O)N(C3CCCC3)C2=O)c(Br)cc1OCC(=O)Nc1ccccc1. The van der Waals surface area contributed by atoms with Crippen LogP contribution in [0.1, 0.15) is 38.2 Å². The van der Waals surface area contributed by atoms with Gasteiger partial charge in [-0.1, -0.05) is 47.0 Å². The first-order valence-electron chi connectivity index (χ1n) is 11.7. The summed E-state index contributed by atoms with van der Waals surface area (Å²) >= 11 is 3.45. The summed E-state index contributed by atoms with van der Waals surface area (Å²) in [7, 11) is 0. The van der Waals surface area contributed by atoms with Gasteiger partial charge < -0.3 is 14.8 Å². The van der Waals surface area contributed by atoms with Gasteiger partial charge in [0, 0.05) is 16.2 Å². The van der Waals surface area contributed by atoms with Gasteiger partial charge in [0.05, 0.1) is 6.61 Å². The van der Waals surface area contributed by atoms with E-state index < -0.39 is 17.8 Å². The maximum absolute atomic E-state index is 13.1. The molecule has 2 fully saturated rings. The number of amides is 5. The van der Waals surface area contributed by atoms with Crippen LogP contribution in [0, 0.1) is 0 Å². The molecule has 2 aromatic carbocycles. The molecular weight excluding hydrogens is 530 g/mol. The highest BCUT2D eigenvalue weighted by molar-refractivity contribution is 9.10. The van der Waals surface area contributed by atoms with Gasteiger partial charge in [0.15, 0.2) is 18.1 Å². The minimum Gasteiger partial charge on any atom is -0.490 e. The predicted octanol–water partition coefficient (Wildman–Crippen LogP) is 4.27. The molecule has 2 N–H and O–H groups in total. The van der Waals surface area contributed by atoms with E-state index in [1.54, 1.807) is 31.2 Å². The van der Waals surface area contributed by atoms with Gasteiger partial charge in [-0.2, -0.15) is 0 Å². The molecule has 2 aliphatic rings. The smallest absolute Gasteiger partial charge is 0.331 e. The van der Waals surface area contributed by atoms with Crippen LogP contribution >= 0.6 is 15.9 Å². The van der Waals surface area contributed by atoms with E-state index in [0.717, 1.165) is 30.6 Å². The van der Waals surface area contributed by atoms with Gasteiger partial charge in [-0.25, -0.2) is 4.79 Å². The molecule has 1 heterocycles. The van der Waals surface area contributed by atoms with Gasteiger partial charge in [0.25, 0.3) is 17.7 Å². The minimum atomic E-state index is -0.748. The number of hydrogen-bond acceptors (Lipinski definition) is 6. The highest BCUT2D eigenvalue weighted by Crippen LogP contribution is 2.36. The number of halogens is 1. The van der Waals surface area contributed by atoms with E-state index in [1.165, 1.54) is 6.08 Å². The Morgan fingerprint density at radius 3 is 2.50 bits per heavy atom. The number of imide groups is 2. The van der Waals surface area contributed by atoms with Crippen LogP contribution in [0.15, 0.2) is 52.5 Å². The van der Waals surface area contributed by atoms with Crippen molar-refractivity contribution in [3.05, 3.63) is 58.1 Å². The van der Waals surface area contributed by atoms with E-state index in [2.05, 4.69) is 26.6 Å². The number of nitrogens with one attached hydrogen (secondary N) is 2. The fraction of sp³-hybridized carbons (Fsp3) is 0.308. The average Bonchev–Trinajstić information content (AvgIpc) is 3.37. The first-order chi connectivity index (χ1) is 17.4. The van der Waals surface area contributed by atoms with Crippen LogP contribution < -0.4 is 20.1 Å². The zero-order valence-corrected chi connectivity index (χ0v) is 21.3. The lowest BCUT2D eigenvalue weighted by atomic mass is 10.0. The summed E-state index contributed by atoms with van der Waals surface area (Å²) in [4.78, 5) is 51.5. The topological polar surface area (TPSA) is 114 Å². The fourth-order valence-electron chi connectivity index (χ4n) is 4.23. The van der Waals surface area contributed by atoms with Gasteiger partial charge in [-0.15, -0.1) is 0 Å². The van der Waals surface area contributed by atoms with Gasteiger partial charge >= 0.3 is 6.03 Å². The second-order valence-electron chi connectivity index (χ2n) is 8.39. The summed E-state index contributed by atoms with van der Waals surface area (Å²) in [5.41, 5.74) is 0.999. The van der Waals surface area contributed by atoms with E-state index >= 15 is 0 Å². The summed E-state index contributed by atoms with van der Waals surface area (Å²) in [6.45, 7) is 1.88. The van der Waals surface area contributed by atoms with Gasteiger partial charge in [0.2, 0.25) is 0 Å². The number of ether oxygens (including phenoxy) is 2. The Bertz CT molecular complexity index is 1210. The number of rotatable bonds is 8. The molecule has 4 rings (SSSR count). The normalized spacial score (nSPS) is 17.3. The molecule has 36 heavy (non-hydrogen) atoms. The van der Waals surface area contributed by atoms with Crippen LogP contribution in [0.25, 0.3) is 6.08 Å². The van der Waals surface area contributed by atoms with Crippen LogP contribution in [0.3, 0.4) is 0 Å². The van der Waals surface area contributed by atoms with Crippen LogP contribution in [-0.4, -0.2) is 47.9 Å². The number of anilines is 1. The first-order valence-corrected chi connectivity index (χ1v) is 12.5. The highest BCUT2D eigenvalue weighted by Gasteiger charge is 2.40. The molecule has 0 aromatic heterocycles. The Morgan fingerprint density at radius 2 is 1.81 bits per heavy atom. The van der Waals surface area contributed by atoms with Crippen LogP contribution in [0.4, 0.5) is 10.5 Å². The number of urea groups is 1. The van der Waals surface area contributed by atoms with Crippen molar-refractivity contribution in [2.75, 3.05) is 18.5 Å². The second-order valence-corrected chi connectivity index (χ2v) is 9.24. The quantitative estimate of drug-likeness (QED) is 0.371. The number of para-hydroxylation sites is 1. The summed E-state index contributed by atoms with van der Waals surface area (Å²) in [5.74, 6) is -1.05. The molecule has 1 aliphatic carbocycles. The van der Waals surface area contributed by atoms with Crippen molar-refractivity contribution in [3.63, 3.8) is 0 Å². The van der Waals surface area contributed by atoms with Gasteiger partial charge in [0.1, 0.15) is 5.57 Å². The third-order valence-electron chi connectivity index (χ3n) is 5.90. The van der Waals surface area contributed by atoms with Crippen molar-refractivity contribution in [1.82, 2.24) is 10.2 Å². The zero-order valence-electron chi connectivity index (χ0n) is 19.7. The number of carbonyl (C=O) groups excluding carboxylic acids is 4. The zero-order chi connectivity index (χ0) is 25.7. The number of carbonyl (C=O) groups is 4. The highest BCUT2D eigenvalue weighted by atomic mass is 79.9. The van der Waals surface area contributed by atoms with Gasteiger partial charge in [-0.05, 0) is 55.7 Å². The Labute approximate surface area is 216 Å². The minimum absolute atomic E-state index is 0.138. The first kappa shape index (κ1) is 25.4. The monoisotopic (exact) mass is 555 g/mol. The van der Waals surface area contributed by atoms with Crippen LogP contribution in [-0.2, 0) is 14.4 Å². The third kappa shape index (κ3) is 5.76. The molecule has 0 bridgehead atoms. The number of benzene rings is 2. The lowest BCUT2D eigenvalue weighted by Gasteiger charge is -2.31. The summed E-state index contributed by atoms with van der Waals surface area (Å²) in [6.07, 6.45) is 4.74. The van der Waals surface area contributed by atoms with Crippen molar-refractivity contribution < 1.29 is 28.7 Å². The molecule has 0 spiro atoms. The molecule has 188 valence electrons. The number of nitrogens with zero attached hydrogens (tertiary/aromatic N) is 1. The Morgan fingerprint density at radius 1 is 1.11 bits per heavy atom. The van der Waals surface area contributed by atoms with E-state index in [9.17, 15) is 19.2 Å².